The van der Waals surface area contributed by atoms with Crippen molar-refractivity contribution in [2.45, 2.75) is 36.8 Å². The van der Waals surface area contributed by atoms with Crippen molar-refractivity contribution in [3.8, 4) is 5.75 Å². The zero-order chi connectivity index (χ0) is 12.6. The van der Waals surface area contributed by atoms with Crippen molar-refractivity contribution in [3.63, 3.8) is 0 Å². The number of sulfone groups is 1. The minimum Gasteiger partial charge on any atom is -0.488 e. The van der Waals surface area contributed by atoms with Crippen LogP contribution in [0, 0.1) is 0 Å². The lowest BCUT2D eigenvalue weighted by molar-refractivity contribution is 0.151. The second-order valence-corrected chi connectivity index (χ2v) is 6.61. The molecule has 2 N–H and O–H groups in total. The molecule has 0 spiro atoms. The van der Waals surface area contributed by atoms with E-state index in [1.165, 1.54) is 6.26 Å². The minimum atomic E-state index is -3.19. The first-order valence-electron chi connectivity index (χ1n) is 5.63. The Kier molecular flexibility index (Phi) is 3.14. The van der Waals surface area contributed by atoms with Crippen LogP contribution in [0.15, 0.2) is 23.1 Å². The van der Waals surface area contributed by atoms with Crippen molar-refractivity contribution in [1.82, 2.24) is 0 Å². The van der Waals surface area contributed by atoms with Gasteiger partial charge in [-0.2, -0.15) is 0 Å². The van der Waals surface area contributed by atoms with Crippen LogP contribution >= 0.6 is 0 Å². The summed E-state index contributed by atoms with van der Waals surface area (Å²) >= 11 is 0. The highest BCUT2D eigenvalue weighted by Crippen LogP contribution is 2.30. The Labute approximate surface area is 102 Å². The second-order valence-electron chi connectivity index (χ2n) is 4.60. The number of ether oxygens (including phenoxy) is 1. The molecule has 0 aromatic heterocycles. The Morgan fingerprint density at radius 3 is 2.76 bits per heavy atom. The van der Waals surface area contributed by atoms with E-state index in [2.05, 4.69) is 0 Å². The lowest BCUT2D eigenvalue weighted by Crippen LogP contribution is -2.38. The van der Waals surface area contributed by atoms with Crippen LogP contribution in [0.5, 0.6) is 5.75 Å². The topological polar surface area (TPSA) is 69.4 Å². The van der Waals surface area contributed by atoms with Crippen molar-refractivity contribution in [1.29, 1.82) is 0 Å². The standard InChI is InChI=1S/C12H17NO3S/c1-8(13)11-6-4-9-3-5-10(17(2,14)15)7-12(9)16-11/h3,5,7-8,11H,4,6,13H2,1-2H3. The number of rotatable bonds is 2. The van der Waals surface area contributed by atoms with Crippen molar-refractivity contribution in [2.24, 2.45) is 5.73 Å². The van der Waals surface area contributed by atoms with E-state index in [1.807, 2.05) is 13.0 Å². The highest BCUT2D eigenvalue weighted by molar-refractivity contribution is 7.90. The average molecular weight is 255 g/mol. The lowest BCUT2D eigenvalue weighted by atomic mass is 9.99. The summed E-state index contributed by atoms with van der Waals surface area (Å²) in [6, 6.07) is 5.00. The van der Waals surface area contributed by atoms with Gasteiger partial charge in [0.15, 0.2) is 9.84 Å². The summed E-state index contributed by atoms with van der Waals surface area (Å²) in [7, 11) is -3.19. The molecule has 5 heteroatoms. The average Bonchev–Trinajstić information content (AvgIpc) is 2.26. The Morgan fingerprint density at radius 2 is 2.18 bits per heavy atom. The predicted octanol–water partition coefficient (Wildman–Crippen LogP) is 1.13. The van der Waals surface area contributed by atoms with E-state index >= 15 is 0 Å². The van der Waals surface area contributed by atoms with Gasteiger partial charge in [-0.3, -0.25) is 0 Å². The molecule has 0 amide bonds. The molecule has 1 aromatic rings. The largest absolute Gasteiger partial charge is 0.488 e. The first-order valence-corrected chi connectivity index (χ1v) is 7.52. The molecule has 0 aliphatic carbocycles. The zero-order valence-corrected chi connectivity index (χ0v) is 10.8. The van der Waals surface area contributed by atoms with Crippen LogP contribution in [-0.2, 0) is 16.3 Å². The molecule has 0 saturated carbocycles. The number of hydrogen-bond acceptors (Lipinski definition) is 4. The van der Waals surface area contributed by atoms with Crippen LogP contribution in [0.25, 0.3) is 0 Å². The summed E-state index contributed by atoms with van der Waals surface area (Å²) in [6.07, 6.45) is 2.92. The van der Waals surface area contributed by atoms with Gasteiger partial charge in [-0.15, -0.1) is 0 Å². The van der Waals surface area contributed by atoms with Crippen LogP contribution < -0.4 is 10.5 Å². The number of aryl methyl sites for hydroxylation is 1. The molecule has 1 heterocycles. The van der Waals surface area contributed by atoms with Gasteiger partial charge >= 0.3 is 0 Å². The molecular formula is C12H17NO3S. The highest BCUT2D eigenvalue weighted by Gasteiger charge is 2.23. The van der Waals surface area contributed by atoms with E-state index < -0.39 is 9.84 Å². The SMILES string of the molecule is CC(N)C1CCc2ccc(S(C)(=O)=O)cc2O1. The third-order valence-electron chi connectivity index (χ3n) is 3.03. The summed E-state index contributed by atoms with van der Waals surface area (Å²) < 4.78 is 28.6. The number of fused-ring (bicyclic) bond motifs is 1. The Hall–Kier alpha value is -1.07. The molecule has 2 unspecified atom stereocenters. The van der Waals surface area contributed by atoms with Crippen LogP contribution in [0.4, 0.5) is 0 Å². The predicted molar refractivity (Wildman–Crippen MR) is 65.9 cm³/mol. The Balaban J connectivity index is 2.36. The lowest BCUT2D eigenvalue weighted by Gasteiger charge is -2.28. The van der Waals surface area contributed by atoms with E-state index in [1.54, 1.807) is 12.1 Å². The highest BCUT2D eigenvalue weighted by atomic mass is 32.2. The Bertz CT molecular complexity index is 523. The van der Waals surface area contributed by atoms with Crippen molar-refractivity contribution >= 4 is 9.84 Å². The van der Waals surface area contributed by atoms with E-state index in [9.17, 15) is 8.42 Å². The van der Waals surface area contributed by atoms with E-state index in [0.29, 0.717) is 10.6 Å². The van der Waals surface area contributed by atoms with Gasteiger partial charge in [0.25, 0.3) is 0 Å². The smallest absolute Gasteiger partial charge is 0.175 e. The summed E-state index contributed by atoms with van der Waals surface area (Å²) in [5, 5.41) is 0. The van der Waals surface area contributed by atoms with E-state index in [0.717, 1.165) is 18.4 Å². The molecular weight excluding hydrogens is 238 g/mol. The normalized spacial score (nSPS) is 21.5. The summed E-state index contributed by atoms with van der Waals surface area (Å²) in [5.41, 5.74) is 6.86. The molecule has 0 fully saturated rings. The zero-order valence-electron chi connectivity index (χ0n) is 10.0. The maximum Gasteiger partial charge on any atom is 0.175 e. The second kappa shape index (κ2) is 4.31. The molecule has 0 radical (unpaired) electrons. The number of hydrogen-bond donors (Lipinski definition) is 1. The Morgan fingerprint density at radius 1 is 1.47 bits per heavy atom. The molecule has 1 aliphatic heterocycles. The van der Waals surface area contributed by atoms with Gasteiger partial charge in [0, 0.05) is 12.3 Å². The van der Waals surface area contributed by atoms with Gasteiger partial charge in [-0.05, 0) is 37.5 Å². The molecule has 0 bridgehead atoms. The van der Waals surface area contributed by atoms with E-state index in [-0.39, 0.29) is 12.1 Å². The maximum atomic E-state index is 11.5. The molecule has 2 rings (SSSR count). The van der Waals surface area contributed by atoms with Crippen molar-refractivity contribution in [2.75, 3.05) is 6.26 Å². The first-order chi connectivity index (χ1) is 7.88. The van der Waals surface area contributed by atoms with Crippen molar-refractivity contribution < 1.29 is 13.2 Å². The van der Waals surface area contributed by atoms with Crippen LogP contribution in [0.3, 0.4) is 0 Å². The number of nitrogens with two attached hydrogens (primary N) is 1. The van der Waals surface area contributed by atoms with Gasteiger partial charge in [-0.25, -0.2) is 8.42 Å². The van der Waals surface area contributed by atoms with Gasteiger partial charge in [0.1, 0.15) is 11.9 Å². The fourth-order valence-electron chi connectivity index (χ4n) is 1.97. The molecule has 2 atom stereocenters. The van der Waals surface area contributed by atoms with Crippen LogP contribution in [0.1, 0.15) is 18.9 Å². The fourth-order valence-corrected chi connectivity index (χ4v) is 2.61. The summed E-state index contributed by atoms with van der Waals surface area (Å²) in [4.78, 5) is 0.293. The molecule has 94 valence electrons. The first kappa shape index (κ1) is 12.4. The number of benzene rings is 1. The van der Waals surface area contributed by atoms with Crippen LogP contribution in [-0.4, -0.2) is 26.8 Å². The summed E-state index contributed by atoms with van der Waals surface area (Å²) in [6.45, 7) is 1.90. The molecule has 17 heavy (non-hydrogen) atoms. The quantitative estimate of drug-likeness (QED) is 0.860. The molecule has 1 aromatic carbocycles. The summed E-state index contributed by atoms with van der Waals surface area (Å²) in [5.74, 6) is 0.654. The monoisotopic (exact) mass is 255 g/mol. The van der Waals surface area contributed by atoms with Crippen LogP contribution in [0.2, 0.25) is 0 Å². The molecule has 1 aliphatic rings. The minimum absolute atomic E-state index is 0.0303. The van der Waals surface area contributed by atoms with Gasteiger partial charge in [-0.1, -0.05) is 6.07 Å². The third-order valence-corrected chi connectivity index (χ3v) is 4.14. The maximum absolute atomic E-state index is 11.5. The fraction of sp³-hybridized carbons (Fsp3) is 0.500. The molecule has 4 nitrogen and oxygen atoms in total. The van der Waals surface area contributed by atoms with E-state index in [4.69, 9.17) is 10.5 Å². The van der Waals surface area contributed by atoms with Crippen molar-refractivity contribution in [3.05, 3.63) is 23.8 Å². The third kappa shape index (κ3) is 2.61. The van der Waals surface area contributed by atoms with Gasteiger partial charge in [0.05, 0.1) is 4.90 Å². The van der Waals surface area contributed by atoms with Gasteiger partial charge in [0.2, 0.25) is 0 Å². The molecule has 0 saturated heterocycles. The van der Waals surface area contributed by atoms with Gasteiger partial charge < -0.3 is 10.5 Å².